The van der Waals surface area contributed by atoms with E-state index in [4.69, 9.17) is 4.98 Å². The van der Waals surface area contributed by atoms with Crippen molar-refractivity contribution in [3.8, 4) is 0 Å². The third kappa shape index (κ3) is 5.92. The lowest BCUT2D eigenvalue weighted by Crippen LogP contribution is -2.45. The molecule has 0 aliphatic carbocycles. The van der Waals surface area contributed by atoms with E-state index in [9.17, 15) is 0 Å². The lowest BCUT2D eigenvalue weighted by Gasteiger charge is -2.34. The van der Waals surface area contributed by atoms with Crippen molar-refractivity contribution < 1.29 is 0 Å². The van der Waals surface area contributed by atoms with Gasteiger partial charge in [-0.25, -0.2) is 4.98 Å². The number of anilines is 1. The van der Waals surface area contributed by atoms with Crippen molar-refractivity contribution in [3.63, 3.8) is 0 Å². The average molecular weight is 439 g/mol. The molecule has 7 heteroatoms. The number of likely N-dealkylation sites (tertiary alicyclic amines) is 1. The van der Waals surface area contributed by atoms with Crippen molar-refractivity contribution in [1.82, 2.24) is 20.1 Å². The molecular weight excluding hydrogens is 404 g/mol. The Labute approximate surface area is 190 Å². The minimum absolute atomic E-state index is 0.697. The molecule has 2 saturated heterocycles. The minimum atomic E-state index is 0.697. The Kier molecular flexibility index (Phi) is 7.70. The van der Waals surface area contributed by atoms with Crippen LogP contribution in [-0.4, -0.2) is 79.9 Å². The first-order chi connectivity index (χ1) is 15.2. The highest BCUT2D eigenvalue weighted by atomic mass is 32.2. The van der Waals surface area contributed by atoms with Crippen LogP contribution in [0.1, 0.15) is 12.0 Å². The monoisotopic (exact) mass is 438 g/mol. The molecule has 1 unspecified atom stereocenters. The molecule has 0 spiro atoms. The summed E-state index contributed by atoms with van der Waals surface area (Å²) in [4.78, 5) is 17.8. The molecule has 2 fully saturated rings. The highest BCUT2D eigenvalue weighted by Crippen LogP contribution is 2.26. The number of rotatable bonds is 6. The van der Waals surface area contributed by atoms with Crippen molar-refractivity contribution in [1.29, 1.82) is 0 Å². The molecule has 166 valence electrons. The van der Waals surface area contributed by atoms with Crippen LogP contribution in [0.2, 0.25) is 0 Å². The first kappa shape index (κ1) is 22.0. The summed E-state index contributed by atoms with van der Waals surface area (Å²) in [7, 11) is 4.07. The number of thioether (sulfide) groups is 1. The Bertz CT molecular complexity index is 850. The van der Waals surface area contributed by atoms with Gasteiger partial charge in [-0.3, -0.25) is 4.99 Å². The quantitative estimate of drug-likeness (QED) is 0.425. The SMILES string of the molecule is CN=C(NCc1cccnc1N1CCN(C)CC1)N1CCC(CSc2ccccc2)C1. The first-order valence-electron chi connectivity index (χ1n) is 11.2. The lowest BCUT2D eigenvalue weighted by molar-refractivity contribution is 0.311. The molecule has 6 nitrogen and oxygen atoms in total. The van der Waals surface area contributed by atoms with Gasteiger partial charge in [-0.1, -0.05) is 24.3 Å². The Hall–Kier alpha value is -2.25. The third-order valence-electron chi connectivity index (χ3n) is 6.13. The van der Waals surface area contributed by atoms with E-state index in [1.807, 2.05) is 31.1 Å². The van der Waals surface area contributed by atoms with E-state index >= 15 is 0 Å². The van der Waals surface area contributed by atoms with Crippen molar-refractivity contribution in [3.05, 3.63) is 54.2 Å². The Morgan fingerprint density at radius 2 is 1.90 bits per heavy atom. The van der Waals surface area contributed by atoms with Crippen molar-refractivity contribution >= 4 is 23.5 Å². The normalized spacial score (nSPS) is 20.3. The maximum absolute atomic E-state index is 4.71. The number of nitrogens with zero attached hydrogens (tertiary/aromatic N) is 5. The number of pyridine rings is 1. The smallest absolute Gasteiger partial charge is 0.193 e. The van der Waals surface area contributed by atoms with Crippen molar-refractivity contribution in [2.45, 2.75) is 17.9 Å². The van der Waals surface area contributed by atoms with E-state index in [1.165, 1.54) is 16.9 Å². The van der Waals surface area contributed by atoms with Crippen LogP contribution in [0.25, 0.3) is 0 Å². The van der Waals surface area contributed by atoms with Crippen molar-refractivity contribution in [2.75, 3.05) is 64.0 Å². The molecule has 1 N–H and O–H groups in total. The van der Waals surface area contributed by atoms with Gasteiger partial charge in [-0.15, -0.1) is 11.8 Å². The summed E-state index contributed by atoms with van der Waals surface area (Å²) in [6, 6.07) is 14.9. The predicted molar refractivity (Wildman–Crippen MR) is 131 cm³/mol. The van der Waals surface area contributed by atoms with Gasteiger partial charge in [-0.05, 0) is 37.6 Å². The standard InChI is InChI=1S/C24H34N6S/c1-25-24(30-12-10-20(18-30)19-31-22-8-4-3-5-9-22)27-17-21-7-6-11-26-23(21)29-15-13-28(2)14-16-29/h3-9,11,20H,10,12-19H2,1-2H3,(H,25,27). The molecule has 4 rings (SSSR count). The van der Waals surface area contributed by atoms with Crippen molar-refractivity contribution in [2.24, 2.45) is 10.9 Å². The van der Waals surface area contributed by atoms with E-state index in [2.05, 4.69) is 68.5 Å². The number of aromatic nitrogens is 1. The van der Waals surface area contributed by atoms with Gasteiger partial charge in [0.15, 0.2) is 5.96 Å². The second-order valence-electron chi connectivity index (χ2n) is 8.40. The number of aliphatic imine (C=N–C) groups is 1. The van der Waals surface area contributed by atoms with Crippen LogP contribution in [0.4, 0.5) is 5.82 Å². The molecule has 0 amide bonds. The molecule has 0 radical (unpaired) electrons. The van der Waals surface area contributed by atoms with Gasteiger partial charge in [0.05, 0.1) is 0 Å². The topological polar surface area (TPSA) is 47.0 Å². The molecule has 2 aliphatic rings. The maximum atomic E-state index is 4.71. The number of likely N-dealkylation sites (N-methyl/N-ethyl adjacent to an activating group) is 1. The van der Waals surface area contributed by atoms with Gasteiger partial charge >= 0.3 is 0 Å². The largest absolute Gasteiger partial charge is 0.354 e. The summed E-state index contributed by atoms with van der Waals surface area (Å²) < 4.78 is 0. The maximum Gasteiger partial charge on any atom is 0.193 e. The fourth-order valence-electron chi connectivity index (χ4n) is 4.27. The molecule has 1 atom stereocenters. The van der Waals surface area contributed by atoms with Crippen LogP contribution in [0.3, 0.4) is 0 Å². The second kappa shape index (κ2) is 10.9. The van der Waals surface area contributed by atoms with E-state index < -0.39 is 0 Å². The van der Waals surface area contributed by atoms with Crippen LogP contribution in [0, 0.1) is 5.92 Å². The molecule has 2 aromatic rings. The van der Waals surface area contributed by atoms with Crippen LogP contribution >= 0.6 is 11.8 Å². The van der Waals surface area contributed by atoms with Gasteiger partial charge in [0, 0.05) is 75.3 Å². The molecule has 0 saturated carbocycles. The molecule has 2 aliphatic heterocycles. The van der Waals surface area contributed by atoms with Gasteiger partial charge in [0.2, 0.25) is 0 Å². The Morgan fingerprint density at radius 3 is 2.68 bits per heavy atom. The number of benzene rings is 1. The van der Waals surface area contributed by atoms with Gasteiger partial charge in [0.1, 0.15) is 5.82 Å². The molecule has 1 aromatic heterocycles. The van der Waals surface area contributed by atoms with Gasteiger partial charge < -0.3 is 20.0 Å². The first-order valence-corrected chi connectivity index (χ1v) is 12.2. The fraction of sp³-hybridized carbons (Fsp3) is 0.500. The molecular formula is C24H34N6S. The van der Waals surface area contributed by atoms with Crippen LogP contribution in [0.15, 0.2) is 58.5 Å². The summed E-state index contributed by atoms with van der Waals surface area (Å²) >= 11 is 1.96. The zero-order chi connectivity index (χ0) is 21.5. The number of guanidine groups is 1. The molecule has 31 heavy (non-hydrogen) atoms. The van der Waals surface area contributed by atoms with E-state index in [-0.39, 0.29) is 0 Å². The van der Waals surface area contributed by atoms with E-state index in [0.717, 1.165) is 63.3 Å². The Morgan fingerprint density at radius 1 is 1.10 bits per heavy atom. The Balaban J connectivity index is 1.30. The summed E-state index contributed by atoms with van der Waals surface area (Å²) in [6.45, 7) is 7.12. The summed E-state index contributed by atoms with van der Waals surface area (Å²) in [5.41, 5.74) is 1.24. The highest BCUT2D eigenvalue weighted by Gasteiger charge is 2.25. The molecule has 0 bridgehead atoms. The number of hydrogen-bond donors (Lipinski definition) is 1. The lowest BCUT2D eigenvalue weighted by atomic mass is 10.2. The average Bonchev–Trinajstić information content (AvgIpc) is 3.29. The van der Waals surface area contributed by atoms with Gasteiger partial charge in [0.25, 0.3) is 0 Å². The molecule has 1 aromatic carbocycles. The van der Waals surface area contributed by atoms with Crippen LogP contribution in [-0.2, 0) is 6.54 Å². The molecule has 3 heterocycles. The zero-order valence-electron chi connectivity index (χ0n) is 18.7. The van der Waals surface area contributed by atoms with Gasteiger partial charge in [-0.2, -0.15) is 0 Å². The van der Waals surface area contributed by atoms with E-state index in [0.29, 0.717) is 5.92 Å². The van der Waals surface area contributed by atoms with E-state index in [1.54, 1.807) is 0 Å². The number of piperazine rings is 1. The minimum Gasteiger partial charge on any atom is -0.354 e. The summed E-state index contributed by atoms with van der Waals surface area (Å²) in [6.07, 6.45) is 3.13. The van der Waals surface area contributed by atoms with Crippen LogP contribution < -0.4 is 10.2 Å². The summed E-state index contributed by atoms with van der Waals surface area (Å²) in [5.74, 6) is 3.97. The number of hydrogen-bond acceptors (Lipinski definition) is 5. The third-order valence-corrected chi connectivity index (χ3v) is 7.38. The van der Waals surface area contributed by atoms with Crippen LogP contribution in [0.5, 0.6) is 0 Å². The zero-order valence-corrected chi connectivity index (χ0v) is 19.5. The second-order valence-corrected chi connectivity index (χ2v) is 9.50. The fourth-order valence-corrected chi connectivity index (χ4v) is 5.32. The predicted octanol–water partition coefficient (Wildman–Crippen LogP) is 3.02. The summed E-state index contributed by atoms with van der Waals surface area (Å²) in [5, 5.41) is 3.60. The number of nitrogens with one attached hydrogen (secondary N) is 1. The highest BCUT2D eigenvalue weighted by molar-refractivity contribution is 7.99.